The highest BCUT2D eigenvalue weighted by Gasteiger charge is 2.33. The number of halogens is 2. The molecule has 1 heterocycles. The van der Waals surface area contributed by atoms with E-state index < -0.39 is 11.6 Å². The van der Waals surface area contributed by atoms with Crippen molar-refractivity contribution < 1.29 is 14.0 Å². The molecule has 0 radical (unpaired) electrons. The number of rotatable bonds is 14. The molecule has 1 saturated heterocycles. The Morgan fingerprint density at radius 2 is 1.59 bits per heavy atom. The van der Waals surface area contributed by atoms with Gasteiger partial charge in [-0.15, -0.1) is 0 Å². The minimum Gasteiger partial charge on any atom is -0.344 e. The van der Waals surface area contributed by atoms with Gasteiger partial charge < -0.3 is 20.9 Å². The van der Waals surface area contributed by atoms with Crippen molar-refractivity contribution in [2.45, 2.75) is 64.6 Å². The van der Waals surface area contributed by atoms with Crippen molar-refractivity contribution in [1.82, 2.24) is 20.0 Å². The zero-order valence-electron chi connectivity index (χ0n) is 27.6. The Labute approximate surface area is 278 Å². The van der Waals surface area contributed by atoms with Gasteiger partial charge in [0.2, 0.25) is 11.8 Å². The van der Waals surface area contributed by atoms with Crippen LogP contribution < -0.4 is 11.1 Å². The van der Waals surface area contributed by atoms with Crippen molar-refractivity contribution in [3.63, 3.8) is 0 Å². The van der Waals surface area contributed by atoms with Gasteiger partial charge in [-0.05, 0) is 68.2 Å². The summed E-state index contributed by atoms with van der Waals surface area (Å²) in [7, 11) is 0. The molecule has 0 spiro atoms. The molecule has 2 atom stereocenters. The highest BCUT2D eigenvalue weighted by atomic mass is 35.5. The third kappa shape index (κ3) is 9.61. The molecule has 1 unspecified atom stereocenters. The second-order valence-electron chi connectivity index (χ2n) is 12.7. The fourth-order valence-electron chi connectivity index (χ4n) is 6.29. The maximum absolute atomic E-state index is 15.0. The second kappa shape index (κ2) is 16.5. The molecule has 3 aromatic rings. The summed E-state index contributed by atoms with van der Waals surface area (Å²) < 4.78 is 15.0. The third-order valence-corrected chi connectivity index (χ3v) is 9.23. The quantitative estimate of drug-likeness (QED) is 0.239. The molecule has 3 N–H and O–H groups in total. The third-order valence-electron chi connectivity index (χ3n) is 8.98. The number of aryl methyl sites for hydroxylation is 1. The molecule has 4 rings (SSSR count). The number of carbonyl (C=O) groups is 2. The molecule has 7 nitrogen and oxygen atoms in total. The first-order chi connectivity index (χ1) is 22.0. The fourth-order valence-corrected chi connectivity index (χ4v) is 6.42. The Hall–Kier alpha value is -3.30. The van der Waals surface area contributed by atoms with Crippen molar-refractivity contribution in [2.75, 3.05) is 45.8 Å². The lowest BCUT2D eigenvalue weighted by Gasteiger charge is -2.42. The fraction of sp³-hybridized carbons (Fsp3) is 0.459. The van der Waals surface area contributed by atoms with E-state index in [4.69, 9.17) is 17.3 Å². The van der Waals surface area contributed by atoms with Crippen LogP contribution in [-0.4, -0.2) is 78.4 Å². The molecule has 1 aliphatic heterocycles. The van der Waals surface area contributed by atoms with Gasteiger partial charge in [-0.25, -0.2) is 4.39 Å². The Bertz CT molecular complexity index is 1430. The molecule has 1 fully saturated rings. The van der Waals surface area contributed by atoms with Crippen LogP contribution in [0.4, 0.5) is 4.39 Å². The predicted molar refractivity (Wildman–Crippen MR) is 184 cm³/mol. The SMILES string of the molecule is CCN(CC)CC(c1ccccc1F)N1CCN(C(=O)[C@@H](Cc2ccc(Cl)cc2)NC(=O)CCc2ccccc2C(C)(C)N)CC1. The average Bonchev–Trinajstić information content (AvgIpc) is 3.05. The van der Waals surface area contributed by atoms with Gasteiger partial charge in [0.1, 0.15) is 11.9 Å². The lowest BCUT2D eigenvalue weighted by atomic mass is 9.89. The minimum atomic E-state index is -0.723. The Kier molecular flexibility index (Phi) is 12.8. The molecule has 0 saturated carbocycles. The first-order valence-corrected chi connectivity index (χ1v) is 16.8. The number of hydrogen-bond acceptors (Lipinski definition) is 5. The lowest BCUT2D eigenvalue weighted by Crippen LogP contribution is -2.56. The van der Waals surface area contributed by atoms with E-state index in [9.17, 15) is 9.59 Å². The molecular weight excluding hydrogens is 601 g/mol. The molecule has 0 aliphatic carbocycles. The summed E-state index contributed by atoms with van der Waals surface area (Å²) >= 11 is 6.12. The molecular formula is C37H49ClFN5O2. The van der Waals surface area contributed by atoms with Gasteiger partial charge in [0.25, 0.3) is 0 Å². The Morgan fingerprint density at radius 3 is 2.22 bits per heavy atom. The van der Waals surface area contributed by atoms with Crippen LogP contribution in [0.1, 0.15) is 62.4 Å². The van der Waals surface area contributed by atoms with Crippen LogP contribution in [0, 0.1) is 5.82 Å². The molecule has 248 valence electrons. The Morgan fingerprint density at radius 1 is 0.957 bits per heavy atom. The number of nitrogens with zero attached hydrogens (tertiary/aromatic N) is 3. The molecule has 0 aromatic heterocycles. The second-order valence-corrected chi connectivity index (χ2v) is 13.2. The van der Waals surface area contributed by atoms with E-state index in [1.807, 2.05) is 67.3 Å². The van der Waals surface area contributed by atoms with Crippen LogP contribution in [0.3, 0.4) is 0 Å². The molecule has 9 heteroatoms. The van der Waals surface area contributed by atoms with E-state index in [1.165, 1.54) is 6.07 Å². The van der Waals surface area contributed by atoms with Gasteiger partial charge >= 0.3 is 0 Å². The van der Waals surface area contributed by atoms with Gasteiger partial charge in [-0.2, -0.15) is 0 Å². The summed E-state index contributed by atoms with van der Waals surface area (Å²) in [5.74, 6) is -0.506. The molecule has 46 heavy (non-hydrogen) atoms. The van der Waals surface area contributed by atoms with Crippen LogP contribution in [-0.2, 0) is 28.0 Å². The maximum atomic E-state index is 15.0. The first-order valence-electron chi connectivity index (χ1n) is 16.4. The zero-order chi connectivity index (χ0) is 33.3. The van der Waals surface area contributed by atoms with Crippen LogP contribution in [0.15, 0.2) is 72.8 Å². The van der Waals surface area contributed by atoms with E-state index in [-0.39, 0.29) is 30.1 Å². The van der Waals surface area contributed by atoms with Crippen LogP contribution in [0.5, 0.6) is 0 Å². The summed E-state index contributed by atoms with van der Waals surface area (Å²) in [6.07, 6.45) is 1.11. The molecule has 3 aromatic carbocycles. The average molecular weight is 650 g/mol. The first kappa shape index (κ1) is 35.6. The largest absolute Gasteiger partial charge is 0.344 e. The monoisotopic (exact) mass is 649 g/mol. The van der Waals surface area contributed by atoms with Crippen molar-refractivity contribution in [2.24, 2.45) is 5.73 Å². The predicted octanol–water partition coefficient (Wildman–Crippen LogP) is 5.56. The number of hydrogen-bond donors (Lipinski definition) is 2. The number of likely N-dealkylation sites (N-methyl/N-ethyl adjacent to an activating group) is 1. The smallest absolute Gasteiger partial charge is 0.245 e. The van der Waals surface area contributed by atoms with Crippen LogP contribution >= 0.6 is 11.6 Å². The van der Waals surface area contributed by atoms with Gasteiger partial charge in [0.15, 0.2) is 0 Å². The number of amides is 2. The molecule has 1 aliphatic rings. The van der Waals surface area contributed by atoms with E-state index in [1.54, 1.807) is 18.2 Å². The van der Waals surface area contributed by atoms with Gasteiger partial charge in [-0.3, -0.25) is 14.5 Å². The van der Waals surface area contributed by atoms with E-state index in [0.717, 1.165) is 29.8 Å². The Balaban J connectivity index is 1.46. The number of nitrogens with two attached hydrogens (primary N) is 1. The number of benzene rings is 3. The normalized spacial score (nSPS) is 15.5. The van der Waals surface area contributed by atoms with Gasteiger partial charge in [0.05, 0.1) is 6.04 Å². The number of piperazine rings is 1. The van der Waals surface area contributed by atoms with Gasteiger partial charge in [-0.1, -0.05) is 80.0 Å². The maximum Gasteiger partial charge on any atom is 0.245 e. The van der Waals surface area contributed by atoms with Crippen molar-refractivity contribution in [3.05, 3.63) is 106 Å². The number of carbonyl (C=O) groups excluding carboxylic acids is 2. The lowest BCUT2D eigenvalue weighted by molar-refractivity contribution is -0.138. The van der Waals surface area contributed by atoms with Gasteiger partial charge in [0, 0.05) is 61.7 Å². The summed E-state index contributed by atoms with van der Waals surface area (Å²) in [4.78, 5) is 33.8. The number of nitrogens with one attached hydrogen (secondary N) is 1. The van der Waals surface area contributed by atoms with E-state index in [0.29, 0.717) is 56.2 Å². The van der Waals surface area contributed by atoms with Crippen molar-refractivity contribution >= 4 is 23.4 Å². The summed E-state index contributed by atoms with van der Waals surface area (Å²) in [5.41, 5.74) is 9.48. The minimum absolute atomic E-state index is 0.113. The van der Waals surface area contributed by atoms with E-state index in [2.05, 4.69) is 29.0 Å². The summed E-state index contributed by atoms with van der Waals surface area (Å²) in [5, 5.41) is 3.66. The standard InChI is InChI=1S/C37H49ClFN5O2/c1-5-42(6-2)26-34(30-12-8-10-14-32(30)39)43-21-23-44(24-22-43)36(46)33(25-27-15-18-29(38)19-16-27)41-35(45)20-17-28-11-7-9-13-31(28)37(3,4)40/h7-16,18-19,33-34H,5-6,17,20-26,40H2,1-4H3,(H,41,45)/t33-,34?/m1/s1. The van der Waals surface area contributed by atoms with Crippen LogP contribution in [0.25, 0.3) is 0 Å². The topological polar surface area (TPSA) is 81.9 Å². The van der Waals surface area contributed by atoms with E-state index >= 15 is 4.39 Å². The van der Waals surface area contributed by atoms with Crippen LogP contribution in [0.2, 0.25) is 5.02 Å². The molecule has 0 bridgehead atoms. The summed E-state index contributed by atoms with van der Waals surface area (Å²) in [6.45, 7) is 12.8. The zero-order valence-corrected chi connectivity index (χ0v) is 28.4. The highest BCUT2D eigenvalue weighted by Crippen LogP contribution is 2.27. The molecule has 2 amide bonds. The highest BCUT2D eigenvalue weighted by molar-refractivity contribution is 6.30. The summed E-state index contributed by atoms with van der Waals surface area (Å²) in [6, 6.07) is 21.4. The van der Waals surface area contributed by atoms with Crippen molar-refractivity contribution in [1.29, 1.82) is 0 Å². The van der Waals surface area contributed by atoms with Crippen molar-refractivity contribution in [3.8, 4) is 0 Å².